The quantitative estimate of drug-likeness (QED) is 0.733. The van der Waals surface area contributed by atoms with E-state index >= 15 is 0 Å². The molecule has 7 nitrogen and oxygen atoms in total. The van der Waals surface area contributed by atoms with Crippen LogP contribution in [0.5, 0.6) is 0 Å². The topological polar surface area (TPSA) is 72.6 Å². The molecular formula is C11H13N5O2. The van der Waals surface area contributed by atoms with Gasteiger partial charge >= 0.3 is 5.97 Å². The molecule has 0 radical (unpaired) electrons. The normalized spacial score (nSPS) is 11.1. The Morgan fingerprint density at radius 2 is 2.28 bits per heavy atom. The second-order valence-electron chi connectivity index (χ2n) is 3.82. The summed E-state index contributed by atoms with van der Waals surface area (Å²) in [5.74, 6) is -0.0284. The molecule has 0 aromatic carbocycles. The van der Waals surface area contributed by atoms with Gasteiger partial charge in [-0.2, -0.15) is 10.1 Å². The molecule has 2 rings (SSSR count). The Hall–Kier alpha value is -2.44. The van der Waals surface area contributed by atoms with Crippen molar-refractivity contribution >= 4 is 17.8 Å². The van der Waals surface area contributed by atoms with Gasteiger partial charge in [0.25, 0.3) is 5.78 Å². The maximum absolute atomic E-state index is 11.7. The number of esters is 1. The van der Waals surface area contributed by atoms with E-state index in [2.05, 4.69) is 15.1 Å². The summed E-state index contributed by atoms with van der Waals surface area (Å²) in [6.07, 6.45) is 6.45. The average molecular weight is 247 g/mol. The fourth-order valence-electron chi connectivity index (χ4n) is 1.39. The predicted octanol–water partition coefficient (Wildman–Crippen LogP) is 0.443. The minimum absolute atomic E-state index is 0.341. The number of nitrogens with zero attached hydrogens (tertiary/aromatic N) is 5. The van der Waals surface area contributed by atoms with Crippen molar-refractivity contribution in [3.05, 3.63) is 30.0 Å². The van der Waals surface area contributed by atoms with Gasteiger partial charge in [-0.25, -0.2) is 14.3 Å². The Labute approximate surface area is 104 Å². The molecule has 18 heavy (non-hydrogen) atoms. The zero-order chi connectivity index (χ0) is 13.1. The van der Waals surface area contributed by atoms with Gasteiger partial charge < -0.3 is 9.64 Å². The van der Waals surface area contributed by atoms with E-state index in [1.165, 1.54) is 18.0 Å². The molecule has 0 aliphatic rings. The second kappa shape index (κ2) is 4.82. The van der Waals surface area contributed by atoms with Gasteiger partial charge in [-0.1, -0.05) is 0 Å². The van der Waals surface area contributed by atoms with Crippen LogP contribution in [0.25, 0.3) is 11.9 Å². The van der Waals surface area contributed by atoms with Crippen LogP contribution in [0.3, 0.4) is 0 Å². The van der Waals surface area contributed by atoms with Crippen LogP contribution < -0.4 is 0 Å². The van der Waals surface area contributed by atoms with E-state index in [-0.39, 0.29) is 0 Å². The van der Waals surface area contributed by atoms with Gasteiger partial charge in [0.05, 0.1) is 12.8 Å². The Bertz CT molecular complexity index is 602. The molecule has 0 atom stereocenters. The van der Waals surface area contributed by atoms with Crippen molar-refractivity contribution in [3.8, 4) is 0 Å². The number of aromatic nitrogens is 4. The Balaban J connectivity index is 2.55. The van der Waals surface area contributed by atoms with E-state index in [1.54, 1.807) is 18.5 Å². The highest BCUT2D eigenvalue weighted by Gasteiger charge is 2.14. The molecular weight excluding hydrogens is 234 g/mol. The van der Waals surface area contributed by atoms with Crippen molar-refractivity contribution in [2.45, 2.75) is 0 Å². The first-order valence-corrected chi connectivity index (χ1v) is 5.25. The highest BCUT2D eigenvalue weighted by atomic mass is 16.5. The largest absolute Gasteiger partial charge is 0.465 e. The lowest BCUT2D eigenvalue weighted by atomic mass is 10.2. The van der Waals surface area contributed by atoms with E-state index < -0.39 is 5.97 Å². The predicted molar refractivity (Wildman–Crippen MR) is 64.8 cm³/mol. The summed E-state index contributed by atoms with van der Waals surface area (Å²) in [6, 6.07) is 0. The third kappa shape index (κ3) is 2.29. The van der Waals surface area contributed by atoms with Gasteiger partial charge in [-0.05, 0) is 6.08 Å². The Kier molecular flexibility index (Phi) is 3.22. The molecule has 94 valence electrons. The zero-order valence-electron chi connectivity index (χ0n) is 10.4. The zero-order valence-corrected chi connectivity index (χ0v) is 10.4. The van der Waals surface area contributed by atoms with Crippen LogP contribution in [0, 0.1) is 0 Å². The van der Waals surface area contributed by atoms with Crippen molar-refractivity contribution < 1.29 is 9.53 Å². The summed E-state index contributed by atoms with van der Waals surface area (Å²) in [4.78, 5) is 21.7. The van der Waals surface area contributed by atoms with E-state index in [1.807, 2.05) is 19.0 Å². The third-order valence-corrected chi connectivity index (χ3v) is 2.24. The molecule has 0 aliphatic heterocycles. The molecule has 0 N–H and O–H groups in total. The van der Waals surface area contributed by atoms with Crippen molar-refractivity contribution in [3.63, 3.8) is 0 Å². The van der Waals surface area contributed by atoms with E-state index in [0.29, 0.717) is 17.0 Å². The fourth-order valence-corrected chi connectivity index (χ4v) is 1.39. The highest BCUT2D eigenvalue weighted by molar-refractivity contribution is 5.92. The van der Waals surface area contributed by atoms with Gasteiger partial charge in [-0.3, -0.25) is 0 Å². The van der Waals surface area contributed by atoms with Crippen LogP contribution in [-0.2, 0) is 4.74 Å². The van der Waals surface area contributed by atoms with E-state index in [0.717, 1.165) is 0 Å². The lowest BCUT2D eigenvalue weighted by Gasteiger charge is -2.06. The van der Waals surface area contributed by atoms with E-state index in [4.69, 9.17) is 4.74 Å². The van der Waals surface area contributed by atoms with Crippen LogP contribution in [0.15, 0.2) is 18.7 Å². The minimum Gasteiger partial charge on any atom is -0.465 e. The number of carbonyl (C=O) groups is 1. The molecule has 0 saturated heterocycles. The van der Waals surface area contributed by atoms with Gasteiger partial charge in [0.1, 0.15) is 11.9 Å². The van der Waals surface area contributed by atoms with E-state index in [9.17, 15) is 4.79 Å². The van der Waals surface area contributed by atoms with Crippen molar-refractivity contribution in [2.24, 2.45) is 0 Å². The van der Waals surface area contributed by atoms with Gasteiger partial charge in [0, 0.05) is 26.5 Å². The summed E-state index contributed by atoms with van der Waals surface area (Å²) in [6.45, 7) is 0. The first kappa shape index (κ1) is 12.0. The lowest BCUT2D eigenvalue weighted by molar-refractivity contribution is 0.0599. The molecule has 0 spiro atoms. The number of hydrogen-bond acceptors (Lipinski definition) is 6. The molecule has 0 saturated carbocycles. The van der Waals surface area contributed by atoms with Crippen molar-refractivity contribution in [2.75, 3.05) is 21.2 Å². The molecule has 2 heterocycles. The molecule has 2 aromatic rings. The molecule has 0 fully saturated rings. The van der Waals surface area contributed by atoms with Gasteiger partial charge in [-0.15, -0.1) is 0 Å². The standard InChI is InChI=1S/C11H13N5O2/c1-15(2)5-4-9-8(10(17)18-3)6-16-11(14-9)12-7-13-16/h4-7H,1-3H3. The summed E-state index contributed by atoms with van der Waals surface area (Å²) in [5.41, 5.74) is 0.838. The molecule has 0 bridgehead atoms. The van der Waals surface area contributed by atoms with Crippen LogP contribution in [0.2, 0.25) is 0 Å². The summed E-state index contributed by atoms with van der Waals surface area (Å²) in [7, 11) is 5.08. The highest BCUT2D eigenvalue weighted by Crippen LogP contribution is 2.11. The maximum atomic E-state index is 11.7. The van der Waals surface area contributed by atoms with Crippen molar-refractivity contribution in [1.29, 1.82) is 0 Å². The number of ether oxygens (including phenoxy) is 1. The minimum atomic E-state index is -0.460. The van der Waals surface area contributed by atoms with Crippen LogP contribution in [0.1, 0.15) is 16.1 Å². The maximum Gasteiger partial charge on any atom is 0.341 e. The average Bonchev–Trinajstić information content (AvgIpc) is 2.81. The van der Waals surface area contributed by atoms with Crippen LogP contribution in [0.4, 0.5) is 0 Å². The van der Waals surface area contributed by atoms with Gasteiger partial charge in [0.2, 0.25) is 0 Å². The number of fused-ring (bicyclic) bond motifs is 1. The SMILES string of the molecule is COC(=O)c1cn2ncnc2nc1C=CN(C)C. The number of rotatable bonds is 3. The Morgan fingerprint density at radius 3 is 2.94 bits per heavy atom. The second-order valence-corrected chi connectivity index (χ2v) is 3.82. The smallest absolute Gasteiger partial charge is 0.341 e. The molecule has 0 aliphatic carbocycles. The first-order valence-electron chi connectivity index (χ1n) is 5.25. The van der Waals surface area contributed by atoms with Gasteiger partial charge in [0.15, 0.2) is 0 Å². The first-order chi connectivity index (χ1) is 8.61. The number of hydrogen-bond donors (Lipinski definition) is 0. The third-order valence-electron chi connectivity index (χ3n) is 2.24. The molecule has 7 heteroatoms. The Morgan fingerprint density at radius 1 is 1.50 bits per heavy atom. The lowest BCUT2D eigenvalue weighted by Crippen LogP contribution is -2.09. The molecule has 0 amide bonds. The monoisotopic (exact) mass is 247 g/mol. The fraction of sp³-hybridized carbons (Fsp3) is 0.273. The molecule has 0 unspecified atom stereocenters. The van der Waals surface area contributed by atoms with Crippen LogP contribution >= 0.6 is 0 Å². The molecule has 2 aromatic heterocycles. The number of carbonyl (C=O) groups excluding carboxylic acids is 1. The van der Waals surface area contributed by atoms with Crippen LogP contribution in [-0.4, -0.2) is 51.7 Å². The van der Waals surface area contributed by atoms with Crippen molar-refractivity contribution in [1.82, 2.24) is 24.5 Å². The summed E-state index contributed by atoms with van der Waals surface area (Å²) >= 11 is 0. The summed E-state index contributed by atoms with van der Waals surface area (Å²) < 4.78 is 6.15. The summed E-state index contributed by atoms with van der Waals surface area (Å²) in [5, 5.41) is 3.93. The number of methoxy groups -OCH3 is 1.